The van der Waals surface area contributed by atoms with Crippen LogP contribution in [0.25, 0.3) is 5.76 Å². The van der Waals surface area contributed by atoms with Gasteiger partial charge in [0.15, 0.2) is 0 Å². The molecule has 1 heterocycles. The van der Waals surface area contributed by atoms with Gasteiger partial charge in [0, 0.05) is 28.9 Å². The van der Waals surface area contributed by atoms with Crippen LogP contribution in [0.4, 0.5) is 0 Å². The SMILES string of the molecule is COC(=O)C1=C([O-])c2cncc(Br)c2C1. The third-order valence-corrected chi connectivity index (χ3v) is 2.99. The minimum atomic E-state index is -0.567. The first-order valence-electron chi connectivity index (χ1n) is 4.26. The fraction of sp³-hybridized carbons (Fsp3) is 0.200. The van der Waals surface area contributed by atoms with Gasteiger partial charge in [-0.25, -0.2) is 4.79 Å². The molecule has 1 aromatic heterocycles. The number of hydrogen-bond donors (Lipinski definition) is 0. The van der Waals surface area contributed by atoms with E-state index < -0.39 is 5.97 Å². The smallest absolute Gasteiger partial charge is 0.333 e. The Morgan fingerprint density at radius 3 is 2.93 bits per heavy atom. The number of halogens is 1. The average molecular weight is 269 g/mol. The van der Waals surface area contributed by atoms with Gasteiger partial charge in [0.05, 0.1) is 7.11 Å². The maximum atomic E-state index is 11.8. The largest absolute Gasteiger partial charge is 0.872 e. The van der Waals surface area contributed by atoms with Crippen LogP contribution in [0.3, 0.4) is 0 Å². The predicted molar refractivity (Wildman–Crippen MR) is 54.6 cm³/mol. The van der Waals surface area contributed by atoms with Crippen LogP contribution in [0.2, 0.25) is 0 Å². The second kappa shape index (κ2) is 3.66. The normalized spacial score (nSPS) is 14.0. The molecule has 78 valence electrons. The minimum Gasteiger partial charge on any atom is -0.872 e. The molecule has 0 bridgehead atoms. The highest BCUT2D eigenvalue weighted by Crippen LogP contribution is 2.33. The highest BCUT2D eigenvalue weighted by atomic mass is 79.9. The summed E-state index contributed by atoms with van der Waals surface area (Å²) in [6, 6.07) is 0. The van der Waals surface area contributed by atoms with Gasteiger partial charge in [-0.3, -0.25) is 4.98 Å². The van der Waals surface area contributed by atoms with Crippen LogP contribution in [0.1, 0.15) is 11.1 Å². The topological polar surface area (TPSA) is 62.2 Å². The van der Waals surface area contributed by atoms with Crippen molar-refractivity contribution in [3.8, 4) is 0 Å². The fourth-order valence-electron chi connectivity index (χ4n) is 1.54. The average Bonchev–Trinajstić information content (AvgIpc) is 2.57. The number of carbonyl (C=O) groups excluding carboxylic acids is 1. The van der Waals surface area contributed by atoms with E-state index in [9.17, 15) is 9.90 Å². The van der Waals surface area contributed by atoms with Crippen LogP contribution >= 0.6 is 15.9 Å². The maximum Gasteiger partial charge on any atom is 0.333 e. The first-order valence-corrected chi connectivity index (χ1v) is 5.05. The lowest BCUT2D eigenvalue weighted by Crippen LogP contribution is -2.10. The van der Waals surface area contributed by atoms with Crippen molar-refractivity contribution in [2.75, 3.05) is 7.11 Å². The van der Waals surface area contributed by atoms with Crippen molar-refractivity contribution >= 4 is 27.7 Å². The summed E-state index contributed by atoms with van der Waals surface area (Å²) in [4.78, 5) is 15.2. The first kappa shape index (κ1) is 10.2. The molecule has 1 aromatic rings. The van der Waals surface area contributed by atoms with Gasteiger partial charge in [-0.1, -0.05) is 5.76 Å². The highest BCUT2D eigenvalue weighted by Gasteiger charge is 2.23. The molecule has 0 saturated heterocycles. The summed E-state index contributed by atoms with van der Waals surface area (Å²) >= 11 is 3.29. The summed E-state index contributed by atoms with van der Waals surface area (Å²) in [7, 11) is 1.26. The van der Waals surface area contributed by atoms with E-state index in [4.69, 9.17) is 0 Å². The van der Waals surface area contributed by atoms with Crippen molar-refractivity contribution in [2.45, 2.75) is 6.42 Å². The number of esters is 1. The zero-order chi connectivity index (χ0) is 11.0. The van der Waals surface area contributed by atoms with Crippen LogP contribution in [-0.2, 0) is 16.0 Å². The van der Waals surface area contributed by atoms with Crippen LogP contribution in [-0.4, -0.2) is 18.1 Å². The third kappa shape index (κ3) is 1.52. The zero-order valence-electron chi connectivity index (χ0n) is 7.91. The van der Waals surface area contributed by atoms with Gasteiger partial charge >= 0.3 is 5.97 Å². The third-order valence-electron chi connectivity index (χ3n) is 2.31. The Morgan fingerprint density at radius 2 is 2.33 bits per heavy atom. The summed E-state index contributed by atoms with van der Waals surface area (Å²) < 4.78 is 5.29. The van der Waals surface area contributed by atoms with Crippen molar-refractivity contribution < 1.29 is 14.6 Å². The highest BCUT2D eigenvalue weighted by molar-refractivity contribution is 9.10. The molecule has 5 heteroatoms. The Morgan fingerprint density at radius 1 is 1.60 bits per heavy atom. The van der Waals surface area contributed by atoms with Crippen molar-refractivity contribution in [1.82, 2.24) is 4.98 Å². The van der Waals surface area contributed by atoms with Gasteiger partial charge < -0.3 is 9.84 Å². The number of aromatic nitrogens is 1. The van der Waals surface area contributed by atoms with Gasteiger partial charge in [-0.15, -0.1) is 0 Å². The van der Waals surface area contributed by atoms with Crippen molar-refractivity contribution in [3.05, 3.63) is 33.6 Å². The maximum absolute atomic E-state index is 11.8. The van der Waals surface area contributed by atoms with E-state index in [0.29, 0.717) is 12.0 Å². The molecule has 0 spiro atoms. The molecular weight excluding hydrogens is 262 g/mol. The molecule has 2 rings (SSSR count). The molecule has 1 aliphatic carbocycles. The lowest BCUT2D eigenvalue weighted by atomic mass is 10.1. The lowest BCUT2D eigenvalue weighted by molar-refractivity contribution is -0.244. The summed E-state index contributed by atoms with van der Waals surface area (Å²) in [6.07, 6.45) is 3.38. The number of pyridine rings is 1. The van der Waals surface area contributed by atoms with E-state index in [1.807, 2.05) is 0 Å². The van der Waals surface area contributed by atoms with E-state index >= 15 is 0 Å². The molecule has 4 nitrogen and oxygen atoms in total. The van der Waals surface area contributed by atoms with E-state index in [2.05, 4.69) is 25.7 Å². The minimum absolute atomic E-state index is 0.168. The van der Waals surface area contributed by atoms with E-state index in [1.54, 1.807) is 6.20 Å². The van der Waals surface area contributed by atoms with E-state index in [0.717, 1.165) is 10.0 Å². The van der Waals surface area contributed by atoms with Crippen molar-refractivity contribution in [2.24, 2.45) is 0 Å². The van der Waals surface area contributed by atoms with Gasteiger partial charge in [0.25, 0.3) is 0 Å². The number of carbonyl (C=O) groups is 1. The second-order valence-corrected chi connectivity index (χ2v) is 3.98. The van der Waals surface area contributed by atoms with Crippen molar-refractivity contribution in [3.63, 3.8) is 0 Å². The van der Waals surface area contributed by atoms with Crippen LogP contribution in [0.5, 0.6) is 0 Å². The monoisotopic (exact) mass is 268 g/mol. The van der Waals surface area contributed by atoms with Gasteiger partial charge in [-0.05, 0) is 27.1 Å². The number of methoxy groups -OCH3 is 1. The molecule has 0 amide bonds. The Balaban J connectivity index is 2.49. The Hall–Kier alpha value is -1.36. The molecule has 1 aliphatic rings. The summed E-state index contributed by atoms with van der Waals surface area (Å²) in [5.41, 5.74) is 1.45. The Labute approximate surface area is 94.7 Å². The molecule has 0 atom stereocenters. The van der Waals surface area contributed by atoms with Crippen LogP contribution in [0, 0.1) is 0 Å². The quantitative estimate of drug-likeness (QED) is 0.702. The molecule has 0 aromatic carbocycles. The van der Waals surface area contributed by atoms with E-state index in [-0.39, 0.29) is 11.3 Å². The molecule has 0 unspecified atom stereocenters. The van der Waals surface area contributed by atoms with Crippen molar-refractivity contribution in [1.29, 1.82) is 0 Å². The van der Waals surface area contributed by atoms with Gasteiger partial charge in [0.1, 0.15) is 0 Å². The standard InChI is InChI=1S/C10H8BrNO3/c1-15-10(14)6-2-5-7(9(6)13)3-12-4-8(5)11/h3-4,13H,2H2,1H3/p-1. The molecule has 0 fully saturated rings. The molecule has 0 N–H and O–H groups in total. The Bertz CT molecular complexity index is 468. The molecule has 0 saturated carbocycles. The summed E-state index contributed by atoms with van der Waals surface area (Å²) in [5, 5.41) is 11.8. The van der Waals surface area contributed by atoms with Gasteiger partial charge in [-0.2, -0.15) is 0 Å². The number of fused-ring (bicyclic) bond motifs is 1. The van der Waals surface area contributed by atoms with E-state index in [1.165, 1.54) is 13.3 Å². The molecule has 0 aliphatic heterocycles. The number of nitrogens with zero attached hydrogens (tertiary/aromatic N) is 1. The first-order chi connectivity index (χ1) is 7.15. The van der Waals surface area contributed by atoms with Crippen LogP contribution in [0.15, 0.2) is 22.4 Å². The van der Waals surface area contributed by atoms with Crippen LogP contribution < -0.4 is 5.11 Å². The second-order valence-electron chi connectivity index (χ2n) is 3.12. The fourth-order valence-corrected chi connectivity index (χ4v) is 2.02. The summed E-state index contributed by atoms with van der Waals surface area (Å²) in [5.74, 6) is -0.853. The lowest BCUT2D eigenvalue weighted by Gasteiger charge is -2.10. The Kier molecular flexibility index (Phi) is 2.48. The molecule has 15 heavy (non-hydrogen) atoms. The number of rotatable bonds is 1. The molecular formula is C10H7BrNO3-. The zero-order valence-corrected chi connectivity index (χ0v) is 9.50. The number of hydrogen-bond acceptors (Lipinski definition) is 4. The molecule has 0 radical (unpaired) electrons. The summed E-state index contributed by atoms with van der Waals surface area (Å²) in [6.45, 7) is 0. The predicted octanol–water partition coefficient (Wildman–Crippen LogP) is 0.645. The van der Waals surface area contributed by atoms with Gasteiger partial charge in [0.2, 0.25) is 0 Å². The number of ether oxygens (including phenoxy) is 1.